The highest BCUT2D eigenvalue weighted by Gasteiger charge is 2.34. The van der Waals surface area contributed by atoms with Crippen molar-refractivity contribution >= 4 is 50.7 Å². The molecule has 2 amide bonds. The highest BCUT2D eigenvalue weighted by atomic mass is 35.5. The lowest BCUT2D eigenvalue weighted by molar-refractivity contribution is -0.140. The highest BCUT2D eigenvalue weighted by molar-refractivity contribution is 7.92. The first-order valence-electron chi connectivity index (χ1n) is 12.1. The van der Waals surface area contributed by atoms with E-state index in [4.69, 9.17) is 23.2 Å². The van der Waals surface area contributed by atoms with Crippen LogP contribution in [-0.4, -0.2) is 44.8 Å². The summed E-state index contributed by atoms with van der Waals surface area (Å²) in [4.78, 5) is 28.1. The van der Waals surface area contributed by atoms with Crippen LogP contribution in [0.1, 0.15) is 30.0 Å². The molecule has 38 heavy (non-hydrogen) atoms. The van der Waals surface area contributed by atoms with Gasteiger partial charge in [0, 0.05) is 13.6 Å². The van der Waals surface area contributed by atoms with Crippen molar-refractivity contribution in [2.24, 2.45) is 0 Å². The Morgan fingerprint density at radius 3 is 2.05 bits per heavy atom. The SMILES string of the molecule is CC[C@@H](C(=O)NC)N(Cc1ccc(C)cc1)C(=O)CN(c1cccc(Cl)c1Cl)S(=O)(=O)c1ccc(C)cc1. The Labute approximate surface area is 234 Å². The number of likely N-dealkylation sites (N-methyl/N-ethyl adjacent to an activating group) is 1. The van der Waals surface area contributed by atoms with E-state index in [-0.39, 0.29) is 33.1 Å². The first kappa shape index (κ1) is 29.5. The second-order valence-corrected chi connectivity index (χ2v) is 11.6. The van der Waals surface area contributed by atoms with Crippen LogP contribution in [0.5, 0.6) is 0 Å². The van der Waals surface area contributed by atoms with Crippen LogP contribution in [0.2, 0.25) is 10.0 Å². The maximum atomic E-state index is 13.9. The predicted molar refractivity (Wildman–Crippen MR) is 152 cm³/mol. The predicted octanol–water partition coefficient (Wildman–Crippen LogP) is 5.36. The molecule has 0 aliphatic carbocycles. The van der Waals surface area contributed by atoms with Gasteiger partial charge in [-0.15, -0.1) is 0 Å². The van der Waals surface area contributed by atoms with E-state index in [0.717, 1.165) is 21.0 Å². The zero-order valence-electron chi connectivity index (χ0n) is 21.7. The Hall–Kier alpha value is -3.07. The maximum absolute atomic E-state index is 13.9. The van der Waals surface area contributed by atoms with E-state index in [1.54, 1.807) is 25.1 Å². The van der Waals surface area contributed by atoms with Gasteiger partial charge in [0.2, 0.25) is 11.8 Å². The van der Waals surface area contributed by atoms with Crippen molar-refractivity contribution in [2.45, 2.75) is 44.7 Å². The Bertz CT molecular complexity index is 1390. The van der Waals surface area contributed by atoms with Gasteiger partial charge in [-0.05, 0) is 50.1 Å². The van der Waals surface area contributed by atoms with E-state index in [9.17, 15) is 18.0 Å². The topological polar surface area (TPSA) is 86.8 Å². The van der Waals surface area contributed by atoms with E-state index in [1.807, 2.05) is 38.1 Å². The number of carbonyl (C=O) groups is 2. The van der Waals surface area contributed by atoms with Crippen LogP contribution in [0.15, 0.2) is 71.6 Å². The molecule has 0 bridgehead atoms. The summed E-state index contributed by atoms with van der Waals surface area (Å²) < 4.78 is 28.7. The van der Waals surface area contributed by atoms with Crippen molar-refractivity contribution in [3.63, 3.8) is 0 Å². The lowest BCUT2D eigenvalue weighted by Crippen LogP contribution is -2.51. The van der Waals surface area contributed by atoms with Gasteiger partial charge in [-0.2, -0.15) is 0 Å². The number of carbonyl (C=O) groups excluding carboxylic acids is 2. The molecule has 0 saturated carbocycles. The second-order valence-electron chi connectivity index (χ2n) is 8.94. The van der Waals surface area contributed by atoms with Crippen molar-refractivity contribution in [2.75, 3.05) is 17.9 Å². The summed E-state index contributed by atoms with van der Waals surface area (Å²) in [5, 5.41) is 2.75. The van der Waals surface area contributed by atoms with Gasteiger partial charge < -0.3 is 10.2 Å². The minimum Gasteiger partial charge on any atom is -0.357 e. The van der Waals surface area contributed by atoms with Crippen LogP contribution in [0.25, 0.3) is 0 Å². The third-order valence-corrected chi connectivity index (χ3v) is 8.78. The summed E-state index contributed by atoms with van der Waals surface area (Å²) in [6.45, 7) is 5.12. The average Bonchev–Trinajstić information content (AvgIpc) is 2.90. The van der Waals surface area contributed by atoms with Crippen molar-refractivity contribution in [1.29, 1.82) is 0 Å². The Morgan fingerprint density at radius 2 is 1.50 bits per heavy atom. The number of aryl methyl sites for hydroxylation is 2. The third kappa shape index (κ3) is 6.67. The number of hydrogen-bond acceptors (Lipinski definition) is 4. The molecule has 0 heterocycles. The van der Waals surface area contributed by atoms with Crippen LogP contribution in [0.3, 0.4) is 0 Å². The molecule has 3 aromatic carbocycles. The first-order chi connectivity index (χ1) is 18.0. The number of anilines is 1. The van der Waals surface area contributed by atoms with Crippen molar-refractivity contribution in [3.05, 3.63) is 93.5 Å². The lowest BCUT2D eigenvalue weighted by atomic mass is 10.1. The van der Waals surface area contributed by atoms with Crippen LogP contribution < -0.4 is 9.62 Å². The number of sulfonamides is 1. The molecule has 202 valence electrons. The van der Waals surface area contributed by atoms with Crippen LogP contribution >= 0.6 is 23.2 Å². The third-order valence-electron chi connectivity index (χ3n) is 6.19. The fourth-order valence-corrected chi connectivity index (χ4v) is 5.89. The zero-order valence-corrected chi connectivity index (χ0v) is 24.1. The van der Waals surface area contributed by atoms with E-state index in [1.165, 1.54) is 36.2 Å². The molecule has 3 aromatic rings. The van der Waals surface area contributed by atoms with Gasteiger partial charge in [-0.3, -0.25) is 13.9 Å². The monoisotopic (exact) mass is 575 g/mol. The van der Waals surface area contributed by atoms with Gasteiger partial charge in [0.1, 0.15) is 12.6 Å². The number of amides is 2. The molecule has 0 aliphatic heterocycles. The summed E-state index contributed by atoms with van der Waals surface area (Å²) in [5.74, 6) is -0.908. The molecule has 1 atom stereocenters. The highest BCUT2D eigenvalue weighted by Crippen LogP contribution is 2.35. The van der Waals surface area contributed by atoms with Gasteiger partial charge >= 0.3 is 0 Å². The fourth-order valence-electron chi connectivity index (χ4n) is 4.01. The normalized spacial score (nSPS) is 12.1. The van der Waals surface area contributed by atoms with Crippen LogP contribution in [-0.2, 0) is 26.2 Å². The molecule has 0 aliphatic rings. The Balaban J connectivity index is 2.10. The van der Waals surface area contributed by atoms with Gasteiger partial charge in [-0.1, -0.05) is 83.7 Å². The number of nitrogens with one attached hydrogen (secondary N) is 1. The minimum atomic E-state index is -4.23. The van der Waals surface area contributed by atoms with Gasteiger partial charge in [0.05, 0.1) is 20.6 Å². The standard InChI is InChI=1S/C28H31Cl2N3O4S/c1-5-24(28(35)31-4)32(17-21-13-9-19(2)10-14-21)26(34)18-33(25-8-6-7-23(29)27(25)30)38(36,37)22-15-11-20(3)12-16-22/h6-16,24H,5,17-18H2,1-4H3,(H,31,35)/t24-/m0/s1. The minimum absolute atomic E-state index is 0.00100. The molecule has 7 nitrogen and oxygen atoms in total. The van der Waals surface area contributed by atoms with E-state index in [2.05, 4.69) is 5.32 Å². The summed E-state index contributed by atoms with van der Waals surface area (Å²) in [7, 11) is -2.73. The average molecular weight is 577 g/mol. The molecule has 3 rings (SSSR count). The Kier molecular flexibility index (Phi) is 9.82. The molecule has 0 saturated heterocycles. The number of hydrogen-bond donors (Lipinski definition) is 1. The summed E-state index contributed by atoms with van der Waals surface area (Å²) in [5.41, 5.74) is 2.81. The smallest absolute Gasteiger partial charge is 0.264 e. The Morgan fingerprint density at radius 1 is 0.921 bits per heavy atom. The van der Waals surface area contributed by atoms with Gasteiger partial charge in [-0.25, -0.2) is 8.42 Å². The van der Waals surface area contributed by atoms with Crippen molar-refractivity contribution < 1.29 is 18.0 Å². The summed E-state index contributed by atoms with van der Waals surface area (Å²) >= 11 is 12.7. The second kappa shape index (κ2) is 12.7. The summed E-state index contributed by atoms with van der Waals surface area (Å²) in [6, 6.07) is 17.7. The molecular formula is C28H31Cl2N3O4S. The quantitative estimate of drug-likeness (QED) is 0.352. The molecule has 0 aromatic heterocycles. The largest absolute Gasteiger partial charge is 0.357 e. The molecule has 0 spiro atoms. The number of rotatable bonds is 10. The number of benzene rings is 3. The molecule has 0 unspecified atom stereocenters. The van der Waals surface area contributed by atoms with Crippen molar-refractivity contribution in [3.8, 4) is 0 Å². The summed E-state index contributed by atoms with van der Waals surface area (Å²) in [6.07, 6.45) is 0.333. The van der Waals surface area contributed by atoms with Gasteiger partial charge in [0.25, 0.3) is 10.0 Å². The molecule has 0 fully saturated rings. The van der Waals surface area contributed by atoms with E-state index >= 15 is 0 Å². The molecular weight excluding hydrogens is 545 g/mol. The van der Waals surface area contributed by atoms with Crippen molar-refractivity contribution in [1.82, 2.24) is 10.2 Å². The fraction of sp³-hybridized carbons (Fsp3) is 0.286. The van der Waals surface area contributed by atoms with Crippen LogP contribution in [0.4, 0.5) is 5.69 Å². The first-order valence-corrected chi connectivity index (χ1v) is 14.3. The number of halogens is 2. The molecule has 1 N–H and O–H groups in total. The van der Waals surface area contributed by atoms with E-state index in [0.29, 0.717) is 6.42 Å². The van der Waals surface area contributed by atoms with E-state index < -0.39 is 28.5 Å². The zero-order chi connectivity index (χ0) is 28.0. The van der Waals surface area contributed by atoms with Crippen LogP contribution in [0, 0.1) is 13.8 Å². The molecule has 0 radical (unpaired) electrons. The lowest BCUT2D eigenvalue weighted by Gasteiger charge is -2.33. The number of nitrogens with zero attached hydrogens (tertiary/aromatic N) is 2. The molecule has 10 heteroatoms. The maximum Gasteiger partial charge on any atom is 0.264 e. The van der Waals surface area contributed by atoms with Gasteiger partial charge in [0.15, 0.2) is 0 Å².